The van der Waals surface area contributed by atoms with Gasteiger partial charge in [-0.1, -0.05) is 24.3 Å². The van der Waals surface area contributed by atoms with Gasteiger partial charge in [-0.2, -0.15) is 0 Å². The van der Waals surface area contributed by atoms with E-state index < -0.39 is 35.0 Å². The molecule has 1 aromatic rings. The minimum Gasteiger partial charge on any atom is -0.484 e. The van der Waals surface area contributed by atoms with Crippen LogP contribution in [0, 0.1) is 5.82 Å². The monoisotopic (exact) mass is 426 g/mol. The second-order valence-electron chi connectivity index (χ2n) is 7.58. The molecule has 0 aliphatic heterocycles. The van der Waals surface area contributed by atoms with Crippen molar-refractivity contribution < 1.29 is 28.6 Å². The number of aliphatic hydroxyl groups excluding tert-OH is 1. The number of benzene rings is 1. The maximum Gasteiger partial charge on any atom is 0.407 e. The zero-order valence-electron chi connectivity index (χ0n) is 15.9. The summed E-state index contributed by atoms with van der Waals surface area (Å²) >= 11 is 5.62. The van der Waals surface area contributed by atoms with Crippen LogP contribution in [0.4, 0.5) is 9.18 Å². The Labute approximate surface area is 173 Å². The molecule has 1 atom stereocenters. The van der Waals surface area contributed by atoms with E-state index in [1.807, 2.05) is 0 Å². The number of hydrogen-bond acceptors (Lipinski definition) is 5. The van der Waals surface area contributed by atoms with Gasteiger partial charge in [0.1, 0.15) is 18.2 Å². The Kier molecular flexibility index (Phi) is 6.33. The lowest BCUT2D eigenvalue weighted by Gasteiger charge is -2.56. The molecule has 9 heteroatoms. The van der Waals surface area contributed by atoms with Crippen molar-refractivity contribution in [1.29, 1.82) is 0 Å². The van der Waals surface area contributed by atoms with Crippen molar-refractivity contribution >= 4 is 23.6 Å². The number of ether oxygens (including phenoxy) is 2. The highest BCUT2D eigenvalue weighted by Crippen LogP contribution is 2.47. The van der Waals surface area contributed by atoms with E-state index in [1.54, 1.807) is 0 Å². The Bertz CT molecular complexity index is 795. The molecular formula is C20H24ClFN2O5. The van der Waals surface area contributed by atoms with Crippen molar-refractivity contribution in [3.63, 3.8) is 0 Å². The number of nitrogens with one attached hydrogen (secondary N) is 2. The van der Waals surface area contributed by atoms with Crippen LogP contribution in [0.25, 0.3) is 0 Å². The molecule has 3 fully saturated rings. The Morgan fingerprint density at radius 2 is 2.03 bits per heavy atom. The van der Waals surface area contributed by atoms with E-state index in [1.165, 1.54) is 18.2 Å². The molecule has 0 radical (unpaired) electrons. The van der Waals surface area contributed by atoms with Gasteiger partial charge in [0.05, 0.1) is 16.7 Å². The lowest BCUT2D eigenvalue weighted by molar-refractivity contribution is -0.132. The van der Waals surface area contributed by atoms with Crippen LogP contribution in [0.3, 0.4) is 0 Å². The lowest BCUT2D eigenvalue weighted by Crippen LogP contribution is -2.70. The summed E-state index contributed by atoms with van der Waals surface area (Å²) in [6.45, 7) is 3.30. The summed E-state index contributed by atoms with van der Waals surface area (Å²) in [4.78, 5) is 24.3. The van der Waals surface area contributed by atoms with Crippen LogP contribution in [0.2, 0.25) is 5.02 Å². The fourth-order valence-electron chi connectivity index (χ4n) is 4.08. The second kappa shape index (κ2) is 8.59. The predicted molar refractivity (Wildman–Crippen MR) is 104 cm³/mol. The molecule has 0 heterocycles. The quantitative estimate of drug-likeness (QED) is 0.582. The summed E-state index contributed by atoms with van der Waals surface area (Å²) in [7, 11) is 0. The van der Waals surface area contributed by atoms with Gasteiger partial charge in [0.15, 0.2) is 6.61 Å². The molecule has 2 amide bonds. The normalized spacial score (nSPS) is 27.8. The fraction of sp³-hybridized carbons (Fsp3) is 0.500. The van der Waals surface area contributed by atoms with E-state index in [9.17, 15) is 19.1 Å². The summed E-state index contributed by atoms with van der Waals surface area (Å²) in [5.74, 6) is -0.852. The smallest absolute Gasteiger partial charge is 0.407 e. The van der Waals surface area contributed by atoms with Crippen molar-refractivity contribution in [1.82, 2.24) is 10.6 Å². The van der Waals surface area contributed by atoms with Crippen LogP contribution < -0.4 is 15.4 Å². The number of alkyl carbamates (subject to hydrolysis) is 1. The first-order chi connectivity index (χ1) is 13.8. The molecule has 3 N–H and O–H groups in total. The molecular weight excluding hydrogens is 403 g/mol. The predicted octanol–water partition coefficient (Wildman–Crippen LogP) is 2.70. The summed E-state index contributed by atoms with van der Waals surface area (Å²) in [5, 5.41) is 16.4. The maximum atomic E-state index is 13.5. The third-order valence-corrected chi connectivity index (χ3v) is 5.98. The zero-order chi connectivity index (χ0) is 21.1. The number of fused-ring (bicyclic) bond motifs is 3. The highest BCUT2D eigenvalue weighted by molar-refractivity contribution is 6.30. The van der Waals surface area contributed by atoms with E-state index in [0.29, 0.717) is 32.1 Å². The van der Waals surface area contributed by atoms with Crippen molar-refractivity contribution in [3.05, 3.63) is 41.7 Å². The van der Waals surface area contributed by atoms with Crippen LogP contribution in [-0.4, -0.2) is 47.5 Å². The number of rotatable bonds is 7. The van der Waals surface area contributed by atoms with Crippen molar-refractivity contribution in [2.24, 2.45) is 0 Å². The average molecular weight is 427 g/mol. The fourth-order valence-corrected chi connectivity index (χ4v) is 4.20. The molecule has 158 valence electrons. The maximum absolute atomic E-state index is 13.5. The van der Waals surface area contributed by atoms with Gasteiger partial charge in [-0.25, -0.2) is 9.18 Å². The molecule has 29 heavy (non-hydrogen) atoms. The first-order valence-electron chi connectivity index (χ1n) is 9.40. The molecule has 0 saturated heterocycles. The summed E-state index contributed by atoms with van der Waals surface area (Å²) in [5.41, 5.74) is -1.30. The Morgan fingerprint density at radius 1 is 1.31 bits per heavy atom. The minimum absolute atomic E-state index is 0.0290. The average Bonchev–Trinajstić information content (AvgIpc) is 2.68. The number of carbonyl (C=O) groups is 2. The molecule has 3 aliphatic rings. The molecule has 0 aromatic heterocycles. The first kappa shape index (κ1) is 21.4. The molecule has 7 nitrogen and oxygen atoms in total. The summed E-state index contributed by atoms with van der Waals surface area (Å²) in [6.07, 6.45) is 2.68. The number of hydrogen-bond donors (Lipinski definition) is 3. The van der Waals surface area contributed by atoms with Gasteiger partial charge in [0, 0.05) is 11.6 Å². The van der Waals surface area contributed by atoms with Gasteiger partial charge in [-0.05, 0) is 44.2 Å². The van der Waals surface area contributed by atoms with Crippen molar-refractivity contribution in [2.75, 3.05) is 13.2 Å². The molecule has 0 spiro atoms. The summed E-state index contributed by atoms with van der Waals surface area (Å²) < 4.78 is 23.8. The Hall–Kier alpha value is -2.32. The molecule has 0 unspecified atom stereocenters. The van der Waals surface area contributed by atoms with E-state index >= 15 is 0 Å². The first-order valence-corrected chi connectivity index (χ1v) is 9.78. The largest absolute Gasteiger partial charge is 0.484 e. The molecule has 3 saturated carbocycles. The van der Waals surface area contributed by atoms with Crippen molar-refractivity contribution in [2.45, 2.75) is 49.3 Å². The van der Waals surface area contributed by atoms with Gasteiger partial charge in [-0.15, -0.1) is 0 Å². The van der Waals surface area contributed by atoms with E-state index in [-0.39, 0.29) is 24.0 Å². The standard InChI is InChI=1S/C20H24ClFN2O5/c1-2-9-28-18(27)24-19-5-7-20(8-6-19,16(25)11-19)23-17(26)12-29-13-3-4-14(21)15(22)10-13/h2-4,10,16,25H,1,5-9,11-12H2,(H,23,26)(H,24,27)/t16-,19?,20?/m0/s1. The van der Waals surface area contributed by atoms with Crippen LogP contribution >= 0.6 is 11.6 Å². The molecule has 4 rings (SSSR count). The third kappa shape index (κ3) is 4.82. The van der Waals surface area contributed by atoms with Gasteiger partial charge >= 0.3 is 6.09 Å². The van der Waals surface area contributed by atoms with Crippen LogP contribution in [0.15, 0.2) is 30.9 Å². The zero-order valence-corrected chi connectivity index (χ0v) is 16.6. The Balaban J connectivity index is 1.54. The van der Waals surface area contributed by atoms with Gasteiger partial charge in [0.2, 0.25) is 0 Å². The Morgan fingerprint density at radius 3 is 2.66 bits per heavy atom. The molecule has 1 aromatic carbocycles. The van der Waals surface area contributed by atoms with E-state index in [2.05, 4.69) is 17.2 Å². The van der Waals surface area contributed by atoms with Crippen LogP contribution in [0.5, 0.6) is 5.75 Å². The molecule has 2 bridgehead atoms. The van der Waals surface area contributed by atoms with Gasteiger partial charge in [0.25, 0.3) is 5.91 Å². The van der Waals surface area contributed by atoms with Gasteiger partial charge in [-0.3, -0.25) is 4.79 Å². The van der Waals surface area contributed by atoms with Gasteiger partial charge < -0.3 is 25.2 Å². The number of amides is 2. The third-order valence-electron chi connectivity index (χ3n) is 5.67. The van der Waals surface area contributed by atoms with Crippen LogP contribution in [-0.2, 0) is 9.53 Å². The minimum atomic E-state index is -0.818. The van der Waals surface area contributed by atoms with E-state index in [0.717, 1.165) is 6.07 Å². The number of aliphatic hydroxyl groups is 1. The SMILES string of the molecule is C=CCOC(=O)NC12CCC(NC(=O)COc3ccc(Cl)c(F)c3)(CC1)[C@@H](O)C2. The number of halogens is 2. The van der Waals surface area contributed by atoms with Crippen LogP contribution in [0.1, 0.15) is 32.1 Å². The second-order valence-corrected chi connectivity index (χ2v) is 7.99. The number of carbonyl (C=O) groups excluding carboxylic acids is 2. The highest BCUT2D eigenvalue weighted by Gasteiger charge is 2.55. The van der Waals surface area contributed by atoms with E-state index in [4.69, 9.17) is 21.1 Å². The highest BCUT2D eigenvalue weighted by atomic mass is 35.5. The summed E-state index contributed by atoms with van der Waals surface area (Å²) in [6, 6.07) is 3.93. The topological polar surface area (TPSA) is 96.9 Å². The lowest BCUT2D eigenvalue weighted by atomic mass is 9.60. The molecule has 3 aliphatic carbocycles. The van der Waals surface area contributed by atoms with Crippen molar-refractivity contribution in [3.8, 4) is 5.75 Å².